The summed E-state index contributed by atoms with van der Waals surface area (Å²) in [5, 5.41) is 2.84. The molecule has 28 heavy (non-hydrogen) atoms. The van der Waals surface area contributed by atoms with E-state index in [0.717, 1.165) is 12.1 Å². The van der Waals surface area contributed by atoms with E-state index in [0.29, 0.717) is 32.4 Å². The number of amides is 1. The molecule has 1 fully saturated rings. The van der Waals surface area contributed by atoms with Gasteiger partial charge in [0.05, 0.1) is 19.1 Å². The molecule has 1 aromatic rings. The van der Waals surface area contributed by atoms with E-state index in [1.807, 2.05) is 13.8 Å². The molecule has 1 unspecified atom stereocenters. The van der Waals surface area contributed by atoms with Crippen LogP contribution in [0.25, 0.3) is 0 Å². The van der Waals surface area contributed by atoms with Crippen molar-refractivity contribution in [2.24, 2.45) is 5.92 Å². The van der Waals surface area contributed by atoms with Gasteiger partial charge in [-0.3, -0.25) is 4.79 Å². The Hall–Kier alpha value is -1.71. The van der Waals surface area contributed by atoms with Crippen molar-refractivity contribution in [1.82, 2.24) is 9.62 Å². The van der Waals surface area contributed by atoms with Crippen LogP contribution in [-0.2, 0) is 19.6 Å². The van der Waals surface area contributed by atoms with Crippen LogP contribution in [0.5, 0.6) is 5.75 Å². The molecule has 158 valence electrons. The number of piperidine rings is 1. The molecule has 9 heteroatoms. The average molecular weight is 417 g/mol. The first kappa shape index (κ1) is 22.6. The monoisotopic (exact) mass is 416 g/mol. The second kappa shape index (κ2) is 10.2. The Balaban J connectivity index is 2.00. The van der Waals surface area contributed by atoms with Crippen molar-refractivity contribution in [3.8, 4) is 5.75 Å². The fourth-order valence-corrected chi connectivity index (χ4v) is 4.80. The van der Waals surface area contributed by atoms with Crippen molar-refractivity contribution in [1.29, 1.82) is 0 Å². The van der Waals surface area contributed by atoms with Crippen LogP contribution in [0.3, 0.4) is 0 Å². The van der Waals surface area contributed by atoms with Crippen LogP contribution < -0.4 is 10.1 Å². The number of nitrogens with one attached hydrogen (secondary N) is 1. The predicted octanol–water partition coefficient (Wildman–Crippen LogP) is 2.17. The van der Waals surface area contributed by atoms with E-state index >= 15 is 0 Å². The number of sulfonamides is 1. The molecule has 1 aromatic carbocycles. The third-order valence-electron chi connectivity index (χ3n) is 4.57. The molecule has 1 heterocycles. The van der Waals surface area contributed by atoms with Crippen LogP contribution in [0.4, 0.5) is 4.39 Å². The van der Waals surface area contributed by atoms with E-state index in [4.69, 9.17) is 9.47 Å². The Kier molecular flexibility index (Phi) is 8.21. The molecule has 1 aliphatic rings. The first-order chi connectivity index (χ1) is 13.3. The summed E-state index contributed by atoms with van der Waals surface area (Å²) in [5.74, 6) is -1.18. The van der Waals surface area contributed by atoms with Gasteiger partial charge in [0.1, 0.15) is 16.5 Å². The van der Waals surface area contributed by atoms with Gasteiger partial charge >= 0.3 is 0 Å². The normalized spacial score (nSPS) is 18.2. The number of carbonyl (C=O) groups is 1. The minimum Gasteiger partial charge on any atom is -0.495 e. The maximum Gasteiger partial charge on any atom is 0.246 e. The number of halogens is 1. The number of benzene rings is 1. The summed E-state index contributed by atoms with van der Waals surface area (Å²) in [4.78, 5) is 12.2. The number of nitrogens with zero attached hydrogens (tertiary/aromatic N) is 1. The van der Waals surface area contributed by atoms with Gasteiger partial charge in [0.2, 0.25) is 15.9 Å². The number of hydrogen-bond donors (Lipinski definition) is 1. The van der Waals surface area contributed by atoms with E-state index in [2.05, 4.69) is 5.32 Å². The summed E-state index contributed by atoms with van der Waals surface area (Å²) in [6.07, 6.45) is 2.01. The minimum absolute atomic E-state index is 0.0658. The molecule has 1 atom stereocenters. The third-order valence-corrected chi connectivity index (χ3v) is 6.46. The highest BCUT2D eigenvalue weighted by Gasteiger charge is 2.35. The Labute approximate surface area is 166 Å². The molecule has 0 aliphatic carbocycles. The van der Waals surface area contributed by atoms with E-state index in [-0.39, 0.29) is 35.7 Å². The Morgan fingerprint density at radius 1 is 1.39 bits per heavy atom. The number of ether oxygens (including phenoxy) is 2. The molecule has 0 radical (unpaired) electrons. The summed E-state index contributed by atoms with van der Waals surface area (Å²) in [6, 6.07) is 3.38. The molecule has 1 N–H and O–H groups in total. The third kappa shape index (κ3) is 5.89. The molecular formula is C19H29FN2O5S. The second-order valence-electron chi connectivity index (χ2n) is 7.06. The van der Waals surface area contributed by atoms with Gasteiger partial charge in [-0.25, -0.2) is 12.8 Å². The van der Waals surface area contributed by atoms with Gasteiger partial charge in [0.25, 0.3) is 0 Å². The lowest BCUT2D eigenvalue weighted by molar-refractivity contribution is -0.126. The average Bonchev–Trinajstić information content (AvgIpc) is 2.67. The van der Waals surface area contributed by atoms with Crippen molar-refractivity contribution in [3.63, 3.8) is 0 Å². The maximum absolute atomic E-state index is 13.6. The predicted molar refractivity (Wildman–Crippen MR) is 103 cm³/mol. The molecule has 1 saturated heterocycles. The van der Waals surface area contributed by atoms with Gasteiger partial charge in [-0.05, 0) is 51.3 Å². The Morgan fingerprint density at radius 3 is 2.82 bits per heavy atom. The highest BCUT2D eigenvalue weighted by Crippen LogP contribution is 2.30. The van der Waals surface area contributed by atoms with E-state index in [1.54, 1.807) is 0 Å². The Bertz CT molecular complexity index is 770. The Morgan fingerprint density at radius 2 is 2.14 bits per heavy atom. The van der Waals surface area contributed by atoms with E-state index < -0.39 is 21.8 Å². The van der Waals surface area contributed by atoms with Crippen molar-refractivity contribution < 1.29 is 27.1 Å². The van der Waals surface area contributed by atoms with Gasteiger partial charge in [-0.15, -0.1) is 0 Å². The van der Waals surface area contributed by atoms with Gasteiger partial charge in [-0.1, -0.05) is 0 Å². The molecule has 0 bridgehead atoms. The molecular weight excluding hydrogens is 387 g/mol. The first-order valence-electron chi connectivity index (χ1n) is 9.48. The van der Waals surface area contributed by atoms with Gasteiger partial charge in [0, 0.05) is 26.2 Å². The lowest BCUT2D eigenvalue weighted by atomic mass is 9.99. The number of methoxy groups -OCH3 is 1. The van der Waals surface area contributed by atoms with Crippen LogP contribution in [0, 0.1) is 11.7 Å². The summed E-state index contributed by atoms with van der Waals surface area (Å²) >= 11 is 0. The van der Waals surface area contributed by atoms with Crippen LogP contribution >= 0.6 is 0 Å². The molecule has 0 saturated carbocycles. The number of hydrogen-bond acceptors (Lipinski definition) is 5. The minimum atomic E-state index is -3.96. The highest BCUT2D eigenvalue weighted by molar-refractivity contribution is 7.89. The summed E-state index contributed by atoms with van der Waals surface area (Å²) in [6.45, 7) is 5.28. The first-order valence-corrected chi connectivity index (χ1v) is 10.9. The topological polar surface area (TPSA) is 84.9 Å². The molecule has 0 aromatic heterocycles. The van der Waals surface area contributed by atoms with Crippen LogP contribution in [0.1, 0.15) is 33.1 Å². The molecule has 1 amide bonds. The van der Waals surface area contributed by atoms with Gasteiger partial charge in [-0.2, -0.15) is 4.31 Å². The fourth-order valence-electron chi connectivity index (χ4n) is 3.11. The van der Waals surface area contributed by atoms with Crippen molar-refractivity contribution in [2.45, 2.75) is 44.1 Å². The fraction of sp³-hybridized carbons (Fsp3) is 0.632. The molecule has 2 rings (SSSR count). The maximum atomic E-state index is 13.6. The van der Waals surface area contributed by atoms with Crippen LogP contribution in [-0.4, -0.2) is 58.1 Å². The van der Waals surface area contributed by atoms with Crippen molar-refractivity contribution in [2.75, 3.05) is 33.4 Å². The lowest BCUT2D eigenvalue weighted by Gasteiger charge is -2.31. The van der Waals surface area contributed by atoms with Crippen LogP contribution in [0.15, 0.2) is 23.1 Å². The molecule has 7 nitrogen and oxygen atoms in total. The van der Waals surface area contributed by atoms with Crippen molar-refractivity contribution >= 4 is 15.9 Å². The largest absolute Gasteiger partial charge is 0.495 e. The number of carbonyl (C=O) groups excluding carboxylic acids is 1. The highest BCUT2D eigenvalue weighted by atomic mass is 32.2. The van der Waals surface area contributed by atoms with E-state index in [9.17, 15) is 17.6 Å². The van der Waals surface area contributed by atoms with Crippen LogP contribution in [0.2, 0.25) is 0 Å². The lowest BCUT2D eigenvalue weighted by Crippen LogP contribution is -2.45. The zero-order chi connectivity index (χ0) is 20.7. The second-order valence-corrected chi connectivity index (χ2v) is 8.97. The van der Waals surface area contributed by atoms with Gasteiger partial charge in [0.15, 0.2) is 0 Å². The van der Waals surface area contributed by atoms with Gasteiger partial charge < -0.3 is 14.8 Å². The summed E-state index contributed by atoms with van der Waals surface area (Å²) in [5.41, 5.74) is 0. The quantitative estimate of drug-likeness (QED) is 0.624. The summed E-state index contributed by atoms with van der Waals surface area (Å²) < 4.78 is 51.3. The SMILES string of the molecule is COc1ccc(F)cc1S(=O)(=O)N1CCCC(C(=O)NCCCOC(C)C)C1. The van der Waals surface area contributed by atoms with E-state index in [1.165, 1.54) is 17.5 Å². The zero-order valence-electron chi connectivity index (χ0n) is 16.6. The van der Waals surface area contributed by atoms with Crippen molar-refractivity contribution in [3.05, 3.63) is 24.0 Å². The molecule has 0 spiro atoms. The standard InChI is InChI=1S/C19H29FN2O5S/c1-14(2)27-11-5-9-21-19(23)15-6-4-10-22(13-15)28(24,25)18-12-16(20)7-8-17(18)26-3/h7-8,12,14-15H,4-6,9-11,13H2,1-3H3,(H,21,23). The number of rotatable bonds is 9. The summed E-state index contributed by atoms with van der Waals surface area (Å²) in [7, 11) is -2.63. The zero-order valence-corrected chi connectivity index (χ0v) is 17.4. The molecule has 1 aliphatic heterocycles. The smallest absolute Gasteiger partial charge is 0.246 e.